The van der Waals surface area contributed by atoms with E-state index in [2.05, 4.69) is 148 Å². The van der Waals surface area contributed by atoms with Crippen molar-refractivity contribution in [2.75, 3.05) is 13.2 Å². The van der Waals surface area contributed by atoms with Crippen LogP contribution in [0.1, 0.15) is 303 Å². The molecule has 0 bridgehead atoms. The van der Waals surface area contributed by atoms with Gasteiger partial charge in [-0.1, -0.05) is 296 Å². The van der Waals surface area contributed by atoms with Crippen LogP contribution in [0.25, 0.3) is 0 Å². The molecule has 460 valence electrons. The summed E-state index contributed by atoms with van der Waals surface area (Å²) in [5, 5.41) is 0. The van der Waals surface area contributed by atoms with E-state index in [0.717, 1.165) is 103 Å². The van der Waals surface area contributed by atoms with Gasteiger partial charge in [-0.05, 0) is 122 Å². The van der Waals surface area contributed by atoms with E-state index in [0.29, 0.717) is 19.3 Å². The molecule has 0 N–H and O–H groups in total. The van der Waals surface area contributed by atoms with Crippen LogP contribution in [-0.4, -0.2) is 37.2 Å². The first-order valence-corrected chi connectivity index (χ1v) is 33.7. The Labute approximate surface area is 500 Å². The lowest BCUT2D eigenvalue weighted by Gasteiger charge is -2.18. The largest absolute Gasteiger partial charge is 0.462 e. The van der Waals surface area contributed by atoms with Crippen LogP contribution in [0.3, 0.4) is 0 Å². The monoisotopic (exact) mass is 1120 g/mol. The van der Waals surface area contributed by atoms with Crippen LogP contribution in [0.15, 0.2) is 134 Å². The highest BCUT2D eigenvalue weighted by Gasteiger charge is 2.19. The number of carbonyl (C=O) groups excluding carboxylic acids is 3. The lowest BCUT2D eigenvalue weighted by atomic mass is 10.0. The van der Waals surface area contributed by atoms with Crippen LogP contribution >= 0.6 is 0 Å². The second-order valence-corrected chi connectivity index (χ2v) is 22.0. The molecule has 0 heterocycles. The molecule has 0 aromatic carbocycles. The summed E-state index contributed by atoms with van der Waals surface area (Å²) in [5.41, 5.74) is 0. The molecule has 0 aromatic rings. The van der Waals surface area contributed by atoms with Gasteiger partial charge in [0.05, 0.1) is 0 Å². The fourth-order valence-corrected chi connectivity index (χ4v) is 9.16. The fraction of sp³-hybridized carbons (Fsp3) is 0.667. The lowest BCUT2D eigenvalue weighted by Crippen LogP contribution is -2.30. The Morgan fingerprint density at radius 1 is 0.259 bits per heavy atom. The van der Waals surface area contributed by atoms with Crippen LogP contribution in [-0.2, 0) is 28.6 Å². The van der Waals surface area contributed by atoms with Crippen LogP contribution in [0.4, 0.5) is 0 Å². The molecule has 6 nitrogen and oxygen atoms in total. The van der Waals surface area contributed by atoms with Crippen LogP contribution < -0.4 is 0 Å². The van der Waals surface area contributed by atoms with Crippen molar-refractivity contribution >= 4 is 17.9 Å². The average molecular weight is 1120 g/mol. The van der Waals surface area contributed by atoms with Crippen molar-refractivity contribution in [3.05, 3.63) is 134 Å². The summed E-state index contributed by atoms with van der Waals surface area (Å²) in [5.74, 6) is -1.03. The third-order valence-corrected chi connectivity index (χ3v) is 14.1. The van der Waals surface area contributed by atoms with Gasteiger partial charge >= 0.3 is 17.9 Å². The minimum Gasteiger partial charge on any atom is -0.462 e. The summed E-state index contributed by atoms with van der Waals surface area (Å²) in [6.45, 7) is 6.32. The molecule has 0 fully saturated rings. The Morgan fingerprint density at radius 3 is 0.840 bits per heavy atom. The van der Waals surface area contributed by atoms with E-state index in [1.165, 1.54) is 148 Å². The van der Waals surface area contributed by atoms with Gasteiger partial charge in [0.25, 0.3) is 0 Å². The van der Waals surface area contributed by atoms with Gasteiger partial charge in [-0.15, -0.1) is 0 Å². The van der Waals surface area contributed by atoms with E-state index in [9.17, 15) is 14.4 Å². The number of hydrogen-bond acceptors (Lipinski definition) is 6. The van der Waals surface area contributed by atoms with E-state index in [4.69, 9.17) is 14.2 Å². The van der Waals surface area contributed by atoms with E-state index in [-0.39, 0.29) is 44.0 Å². The van der Waals surface area contributed by atoms with Gasteiger partial charge in [0.15, 0.2) is 6.10 Å². The summed E-state index contributed by atoms with van der Waals surface area (Å²) in [6.07, 6.45) is 96.5. The van der Waals surface area contributed by atoms with Crippen LogP contribution in [0, 0.1) is 0 Å². The Hall–Kier alpha value is -4.45. The van der Waals surface area contributed by atoms with Gasteiger partial charge in [-0.3, -0.25) is 14.4 Å². The number of rotatable bonds is 60. The number of hydrogen-bond donors (Lipinski definition) is 0. The van der Waals surface area contributed by atoms with Gasteiger partial charge in [0.1, 0.15) is 13.2 Å². The summed E-state index contributed by atoms with van der Waals surface area (Å²) in [7, 11) is 0. The van der Waals surface area contributed by atoms with Gasteiger partial charge in [0.2, 0.25) is 0 Å². The molecule has 0 radical (unpaired) electrons. The SMILES string of the molecule is CC/C=C\C/C=C\C/C=C\C/C=C\C/C=C\CCCCCC(=O)OC(COC(=O)CC/C=C\C/C=C\C/C=C\C/C=C\CC)COC(=O)CCCCCCCCCCCCCCCCCCCCC/C=C\C/C=C\CCCCCCC. The molecule has 0 saturated heterocycles. The van der Waals surface area contributed by atoms with Gasteiger partial charge in [-0.25, -0.2) is 0 Å². The van der Waals surface area contributed by atoms with E-state index in [1.807, 2.05) is 6.08 Å². The molecule has 0 saturated carbocycles. The molecule has 1 atom stereocenters. The zero-order chi connectivity index (χ0) is 58.5. The Morgan fingerprint density at radius 2 is 0.506 bits per heavy atom. The third kappa shape index (κ3) is 66.2. The number of allylic oxidation sites excluding steroid dienone is 22. The molecular formula is C75H124O6. The molecule has 0 spiro atoms. The summed E-state index contributed by atoms with van der Waals surface area (Å²) >= 11 is 0. The predicted octanol–water partition coefficient (Wildman–Crippen LogP) is 23.3. The second kappa shape index (κ2) is 68.1. The zero-order valence-electron chi connectivity index (χ0n) is 52.8. The van der Waals surface area contributed by atoms with Crippen molar-refractivity contribution in [3.8, 4) is 0 Å². The van der Waals surface area contributed by atoms with Crippen molar-refractivity contribution in [1.82, 2.24) is 0 Å². The van der Waals surface area contributed by atoms with Crippen molar-refractivity contribution in [2.45, 2.75) is 309 Å². The molecule has 0 aliphatic heterocycles. The van der Waals surface area contributed by atoms with Crippen molar-refractivity contribution in [1.29, 1.82) is 0 Å². The summed E-state index contributed by atoms with van der Waals surface area (Å²) in [4.78, 5) is 38.3. The van der Waals surface area contributed by atoms with Gasteiger partial charge in [0, 0.05) is 19.3 Å². The van der Waals surface area contributed by atoms with E-state index < -0.39 is 6.10 Å². The van der Waals surface area contributed by atoms with Crippen LogP contribution in [0.5, 0.6) is 0 Å². The second-order valence-electron chi connectivity index (χ2n) is 22.0. The first kappa shape index (κ1) is 76.5. The minimum atomic E-state index is -0.829. The predicted molar refractivity (Wildman–Crippen MR) is 353 cm³/mol. The van der Waals surface area contributed by atoms with E-state index >= 15 is 0 Å². The smallest absolute Gasteiger partial charge is 0.306 e. The van der Waals surface area contributed by atoms with Crippen LogP contribution in [0.2, 0.25) is 0 Å². The van der Waals surface area contributed by atoms with Crippen molar-refractivity contribution in [2.24, 2.45) is 0 Å². The first-order chi connectivity index (χ1) is 40.0. The molecular weight excluding hydrogens is 997 g/mol. The Bertz CT molecular complexity index is 1720. The Balaban J connectivity index is 4.29. The Kier molecular flexibility index (Phi) is 64.3. The van der Waals surface area contributed by atoms with Gasteiger partial charge in [-0.2, -0.15) is 0 Å². The molecule has 81 heavy (non-hydrogen) atoms. The molecule has 6 heteroatoms. The first-order valence-electron chi connectivity index (χ1n) is 33.7. The number of carbonyl (C=O) groups is 3. The quantitative estimate of drug-likeness (QED) is 0.0261. The molecule has 0 amide bonds. The number of unbranched alkanes of at least 4 members (excludes halogenated alkanes) is 27. The normalized spacial score (nSPS) is 13.0. The maximum Gasteiger partial charge on any atom is 0.306 e. The maximum atomic E-state index is 12.9. The minimum absolute atomic E-state index is 0.115. The molecule has 1 unspecified atom stereocenters. The molecule has 0 aliphatic rings. The topological polar surface area (TPSA) is 78.9 Å². The highest BCUT2D eigenvalue weighted by atomic mass is 16.6. The average Bonchev–Trinajstić information content (AvgIpc) is 3.46. The van der Waals surface area contributed by atoms with Gasteiger partial charge < -0.3 is 14.2 Å². The standard InChI is InChI=1S/C75H124O6/c1-4-7-10-13-16-19-22-25-27-29-31-32-33-34-35-36-37-38-39-40-41-42-44-45-47-50-53-56-59-62-65-68-74(77)80-71-72(70-79-73(76)67-64-61-58-55-52-49-24-21-18-15-12-9-6-3)81-75(78)69-66-63-60-57-54-51-48-46-43-30-28-26-23-20-17-14-11-8-5-2/h8-9,11-12,17-18,20-22,25-26,28-29,31,43,46,49,51-52,54,58,61,72H,4-7,10,13-16,19,23-24,27,30,32-42,44-45,47-48,50,53,55-57,59-60,62-71H2,1-3H3/b11-8-,12-9-,20-17-,21-18-,25-22-,28-26-,31-29-,46-43-,52-49-,54-51-,61-58-. The molecule has 0 rings (SSSR count). The van der Waals surface area contributed by atoms with Crippen molar-refractivity contribution in [3.63, 3.8) is 0 Å². The highest BCUT2D eigenvalue weighted by molar-refractivity contribution is 5.71. The summed E-state index contributed by atoms with van der Waals surface area (Å²) in [6, 6.07) is 0. The maximum absolute atomic E-state index is 12.9. The summed E-state index contributed by atoms with van der Waals surface area (Å²) < 4.78 is 16.8. The van der Waals surface area contributed by atoms with E-state index in [1.54, 1.807) is 0 Å². The zero-order valence-corrected chi connectivity index (χ0v) is 52.8. The van der Waals surface area contributed by atoms with Crippen molar-refractivity contribution < 1.29 is 28.6 Å². The third-order valence-electron chi connectivity index (χ3n) is 14.1. The number of esters is 3. The lowest BCUT2D eigenvalue weighted by molar-refractivity contribution is -0.166. The molecule has 0 aliphatic carbocycles. The number of ether oxygens (including phenoxy) is 3. The molecule has 0 aromatic heterocycles. The fourth-order valence-electron chi connectivity index (χ4n) is 9.16. The highest BCUT2D eigenvalue weighted by Crippen LogP contribution is 2.16.